The van der Waals surface area contributed by atoms with Crippen LogP contribution >= 0.6 is 38.9 Å². The summed E-state index contributed by atoms with van der Waals surface area (Å²) in [5, 5.41) is 3.73. The van der Waals surface area contributed by atoms with E-state index >= 15 is 0 Å². The summed E-state index contributed by atoms with van der Waals surface area (Å²) in [6.45, 7) is 2.28. The highest BCUT2D eigenvalue weighted by molar-refractivity contribution is 9.10. The van der Waals surface area contributed by atoms with Crippen molar-refractivity contribution in [3.63, 3.8) is 0 Å². The Morgan fingerprint density at radius 1 is 1.50 bits per heavy atom. The van der Waals surface area contributed by atoms with Gasteiger partial charge in [0.25, 0.3) is 0 Å². The zero-order valence-electron chi connectivity index (χ0n) is 8.91. The third kappa shape index (κ3) is 1.71. The van der Waals surface area contributed by atoms with Gasteiger partial charge >= 0.3 is 0 Å². The number of thiophene rings is 1. The first kappa shape index (κ1) is 11.1. The SMILES string of the molecule is CC1CC1C(Cl)c1csc2c(Br)cccc12. The second-order valence-corrected chi connectivity index (χ2v) is 6.79. The molecule has 0 bridgehead atoms. The van der Waals surface area contributed by atoms with Crippen molar-refractivity contribution in [1.29, 1.82) is 0 Å². The van der Waals surface area contributed by atoms with Crippen molar-refractivity contribution in [1.82, 2.24) is 0 Å². The van der Waals surface area contributed by atoms with Gasteiger partial charge in [-0.1, -0.05) is 19.1 Å². The Morgan fingerprint density at radius 3 is 2.94 bits per heavy atom. The maximum absolute atomic E-state index is 6.56. The first-order chi connectivity index (χ1) is 7.68. The summed E-state index contributed by atoms with van der Waals surface area (Å²) in [7, 11) is 0. The van der Waals surface area contributed by atoms with E-state index in [9.17, 15) is 0 Å². The monoisotopic (exact) mass is 314 g/mol. The molecule has 3 unspecified atom stereocenters. The van der Waals surface area contributed by atoms with Crippen molar-refractivity contribution in [3.05, 3.63) is 33.6 Å². The molecular weight excluding hydrogens is 304 g/mol. The number of fused-ring (bicyclic) bond motifs is 1. The van der Waals surface area contributed by atoms with Crippen molar-refractivity contribution < 1.29 is 0 Å². The largest absolute Gasteiger partial charge is 0.142 e. The fourth-order valence-corrected chi connectivity index (χ4v) is 4.51. The van der Waals surface area contributed by atoms with Gasteiger partial charge in [0.05, 0.1) is 5.38 Å². The minimum absolute atomic E-state index is 0.193. The van der Waals surface area contributed by atoms with Crippen LogP contribution in [0.2, 0.25) is 0 Å². The molecule has 0 nitrogen and oxygen atoms in total. The summed E-state index contributed by atoms with van der Waals surface area (Å²) in [5.74, 6) is 1.48. The normalized spacial score (nSPS) is 25.9. The molecule has 1 saturated carbocycles. The predicted molar refractivity (Wildman–Crippen MR) is 75.4 cm³/mol. The smallest absolute Gasteiger partial charge is 0.0630 e. The highest BCUT2D eigenvalue weighted by Gasteiger charge is 2.40. The molecule has 1 aliphatic carbocycles. The lowest BCUT2D eigenvalue weighted by Crippen LogP contribution is -1.92. The zero-order chi connectivity index (χ0) is 11.3. The molecule has 0 N–H and O–H groups in total. The molecule has 0 radical (unpaired) electrons. The zero-order valence-corrected chi connectivity index (χ0v) is 12.1. The van der Waals surface area contributed by atoms with E-state index in [-0.39, 0.29) is 5.38 Å². The van der Waals surface area contributed by atoms with Crippen LogP contribution < -0.4 is 0 Å². The molecular formula is C13H12BrClS. The molecule has 2 aromatic rings. The van der Waals surface area contributed by atoms with Crippen LogP contribution in [0.5, 0.6) is 0 Å². The van der Waals surface area contributed by atoms with Crippen LogP contribution in [0.15, 0.2) is 28.1 Å². The Bertz CT molecular complexity index is 534. The molecule has 0 saturated heterocycles. The van der Waals surface area contributed by atoms with Gasteiger partial charge in [-0.05, 0) is 56.6 Å². The van der Waals surface area contributed by atoms with Crippen molar-refractivity contribution in [2.45, 2.75) is 18.7 Å². The topological polar surface area (TPSA) is 0 Å². The van der Waals surface area contributed by atoms with Crippen molar-refractivity contribution >= 4 is 49.0 Å². The van der Waals surface area contributed by atoms with E-state index in [2.05, 4.69) is 46.4 Å². The molecule has 0 amide bonds. The van der Waals surface area contributed by atoms with E-state index in [0.717, 1.165) is 5.92 Å². The number of alkyl halides is 1. The summed E-state index contributed by atoms with van der Waals surface area (Å²) in [6.07, 6.45) is 1.28. The van der Waals surface area contributed by atoms with Gasteiger partial charge in [-0.25, -0.2) is 0 Å². The molecule has 1 aromatic heterocycles. The lowest BCUT2D eigenvalue weighted by atomic mass is 10.1. The van der Waals surface area contributed by atoms with Crippen LogP contribution in [0.3, 0.4) is 0 Å². The Hall–Kier alpha value is -0.0500. The Labute approximate surface area is 113 Å². The minimum Gasteiger partial charge on any atom is -0.142 e. The van der Waals surface area contributed by atoms with Crippen LogP contribution in [-0.2, 0) is 0 Å². The van der Waals surface area contributed by atoms with Gasteiger partial charge in [0, 0.05) is 9.17 Å². The lowest BCUT2D eigenvalue weighted by molar-refractivity contribution is 0.727. The Morgan fingerprint density at radius 2 is 2.25 bits per heavy atom. The summed E-state index contributed by atoms with van der Waals surface area (Å²) < 4.78 is 2.49. The average Bonchev–Trinajstić information content (AvgIpc) is 2.83. The highest BCUT2D eigenvalue weighted by Crippen LogP contribution is 2.52. The number of hydrogen-bond acceptors (Lipinski definition) is 1. The van der Waals surface area contributed by atoms with E-state index in [0.29, 0.717) is 5.92 Å². The second-order valence-electron chi connectivity index (χ2n) is 4.59. The molecule has 0 spiro atoms. The Kier molecular flexibility index (Phi) is 2.77. The molecule has 1 fully saturated rings. The molecule has 3 atom stereocenters. The van der Waals surface area contributed by atoms with Gasteiger partial charge in [0.2, 0.25) is 0 Å². The summed E-state index contributed by atoms with van der Waals surface area (Å²) >= 11 is 11.9. The molecule has 16 heavy (non-hydrogen) atoms. The van der Waals surface area contributed by atoms with E-state index in [1.807, 2.05) is 0 Å². The molecule has 3 heteroatoms. The summed E-state index contributed by atoms with van der Waals surface area (Å²) in [4.78, 5) is 0. The molecule has 84 valence electrons. The predicted octanol–water partition coefficient (Wildman–Crippen LogP) is 5.60. The van der Waals surface area contributed by atoms with Crippen LogP contribution in [0, 0.1) is 11.8 Å². The minimum atomic E-state index is 0.193. The number of halogens is 2. The van der Waals surface area contributed by atoms with Gasteiger partial charge in [0.1, 0.15) is 0 Å². The van der Waals surface area contributed by atoms with Gasteiger partial charge in [-0.3, -0.25) is 0 Å². The number of rotatable bonds is 2. The van der Waals surface area contributed by atoms with Gasteiger partial charge < -0.3 is 0 Å². The van der Waals surface area contributed by atoms with Crippen molar-refractivity contribution in [2.75, 3.05) is 0 Å². The summed E-state index contributed by atoms with van der Waals surface area (Å²) in [6, 6.07) is 6.35. The first-order valence-electron chi connectivity index (χ1n) is 5.48. The number of benzene rings is 1. The standard InChI is InChI=1S/C13H12BrClS/c1-7-5-9(7)12(15)10-6-16-13-8(10)3-2-4-11(13)14/h2-4,6-7,9,12H,5H2,1H3. The maximum atomic E-state index is 6.56. The molecule has 1 heterocycles. The van der Waals surface area contributed by atoms with Gasteiger partial charge in [-0.15, -0.1) is 22.9 Å². The fourth-order valence-electron chi connectivity index (χ4n) is 2.24. The fraction of sp³-hybridized carbons (Fsp3) is 0.385. The third-order valence-corrected chi connectivity index (χ3v) is 5.96. The third-order valence-electron chi connectivity index (χ3n) is 3.43. The molecule has 1 aromatic carbocycles. The van der Waals surface area contributed by atoms with Crippen LogP contribution in [0.1, 0.15) is 24.3 Å². The Balaban J connectivity index is 2.07. The quantitative estimate of drug-likeness (QED) is 0.633. The average molecular weight is 316 g/mol. The van der Waals surface area contributed by atoms with Gasteiger partial charge in [0.15, 0.2) is 0 Å². The van der Waals surface area contributed by atoms with Crippen molar-refractivity contribution in [3.8, 4) is 0 Å². The molecule has 3 rings (SSSR count). The molecule has 0 aliphatic heterocycles. The van der Waals surface area contributed by atoms with E-state index in [1.165, 1.54) is 26.5 Å². The van der Waals surface area contributed by atoms with E-state index < -0.39 is 0 Å². The van der Waals surface area contributed by atoms with E-state index in [1.54, 1.807) is 11.3 Å². The lowest BCUT2D eigenvalue weighted by Gasteiger charge is -2.07. The highest BCUT2D eigenvalue weighted by atomic mass is 79.9. The van der Waals surface area contributed by atoms with Crippen LogP contribution in [-0.4, -0.2) is 0 Å². The van der Waals surface area contributed by atoms with Crippen LogP contribution in [0.25, 0.3) is 10.1 Å². The maximum Gasteiger partial charge on any atom is 0.0630 e. The van der Waals surface area contributed by atoms with Crippen LogP contribution in [0.4, 0.5) is 0 Å². The first-order valence-corrected chi connectivity index (χ1v) is 7.59. The van der Waals surface area contributed by atoms with Crippen molar-refractivity contribution in [2.24, 2.45) is 11.8 Å². The second kappa shape index (κ2) is 4.01. The van der Waals surface area contributed by atoms with E-state index in [4.69, 9.17) is 11.6 Å². The molecule has 1 aliphatic rings. The van der Waals surface area contributed by atoms with Gasteiger partial charge in [-0.2, -0.15) is 0 Å². The summed E-state index contributed by atoms with van der Waals surface area (Å²) in [5.41, 5.74) is 1.32. The number of hydrogen-bond donors (Lipinski definition) is 0.